The van der Waals surface area contributed by atoms with Crippen molar-refractivity contribution < 1.29 is 14.3 Å². The summed E-state index contributed by atoms with van der Waals surface area (Å²) < 4.78 is 10.7. The van der Waals surface area contributed by atoms with Crippen LogP contribution in [0.5, 0.6) is 0 Å². The van der Waals surface area contributed by atoms with E-state index in [0.717, 1.165) is 24.8 Å². The fourth-order valence-corrected chi connectivity index (χ4v) is 2.64. The Kier molecular flexibility index (Phi) is 4.02. The molecule has 0 spiro atoms. The van der Waals surface area contributed by atoms with E-state index in [1.54, 1.807) is 6.20 Å². The van der Waals surface area contributed by atoms with Crippen LogP contribution in [0.25, 0.3) is 6.08 Å². The number of ether oxygens (including phenoxy) is 2. The predicted octanol–water partition coefficient (Wildman–Crippen LogP) is 2.95. The van der Waals surface area contributed by atoms with Crippen molar-refractivity contribution in [3.63, 3.8) is 0 Å². The minimum absolute atomic E-state index is 0.393. The first-order valence-corrected chi connectivity index (χ1v) is 7.11. The maximum atomic E-state index is 11.6. The van der Waals surface area contributed by atoms with Crippen LogP contribution in [-0.2, 0) is 9.47 Å². The van der Waals surface area contributed by atoms with E-state index < -0.39 is 6.09 Å². The van der Waals surface area contributed by atoms with Crippen molar-refractivity contribution >= 4 is 12.2 Å². The lowest BCUT2D eigenvalue weighted by atomic mass is 9.90. The number of benzene rings is 1. The van der Waals surface area contributed by atoms with Crippen LogP contribution in [-0.4, -0.2) is 24.9 Å². The summed E-state index contributed by atoms with van der Waals surface area (Å²) in [4.78, 5) is 11.6. The molecule has 1 heterocycles. The van der Waals surface area contributed by atoms with Gasteiger partial charge in [-0.25, -0.2) is 4.79 Å². The Balaban J connectivity index is 1.36. The molecule has 1 saturated heterocycles. The molecule has 1 aliphatic carbocycles. The number of hydrogen-bond acceptors (Lipinski definition) is 3. The Morgan fingerprint density at radius 3 is 2.95 bits per heavy atom. The normalized spacial score (nSPS) is 27.9. The standard InChI is InChI=1S/C16H19NO3/c18-16(17-9-8-12-4-2-1-3-5-12)19-11-13-6-7-14-15(10-13)20-14/h1-5,8-9,13-15H,6-7,10-11H2,(H,17,18). The van der Waals surface area contributed by atoms with Crippen molar-refractivity contribution in [3.8, 4) is 0 Å². The van der Waals surface area contributed by atoms with Gasteiger partial charge in [0.05, 0.1) is 18.8 Å². The average molecular weight is 273 g/mol. The number of fused-ring (bicyclic) bond motifs is 1. The summed E-state index contributed by atoms with van der Waals surface area (Å²) in [5.41, 5.74) is 1.04. The van der Waals surface area contributed by atoms with Crippen molar-refractivity contribution in [3.05, 3.63) is 42.1 Å². The lowest BCUT2D eigenvalue weighted by molar-refractivity contribution is 0.121. The molecule has 3 unspecified atom stereocenters. The van der Waals surface area contributed by atoms with Gasteiger partial charge in [0.2, 0.25) is 0 Å². The zero-order valence-corrected chi connectivity index (χ0v) is 11.3. The maximum Gasteiger partial charge on any atom is 0.411 e. The number of amides is 1. The minimum Gasteiger partial charge on any atom is -0.449 e. The zero-order valence-electron chi connectivity index (χ0n) is 11.3. The first kappa shape index (κ1) is 13.2. The highest BCUT2D eigenvalue weighted by Gasteiger charge is 2.43. The summed E-state index contributed by atoms with van der Waals surface area (Å²) in [6, 6.07) is 9.80. The van der Waals surface area contributed by atoms with Gasteiger partial charge in [-0.3, -0.25) is 5.32 Å². The van der Waals surface area contributed by atoms with Gasteiger partial charge >= 0.3 is 6.09 Å². The SMILES string of the molecule is O=C(NC=Cc1ccccc1)OCC1CCC2OC2C1. The molecule has 1 amide bonds. The molecule has 0 aromatic heterocycles. The van der Waals surface area contributed by atoms with Crippen LogP contribution in [0.1, 0.15) is 24.8 Å². The van der Waals surface area contributed by atoms with Crippen molar-refractivity contribution in [1.82, 2.24) is 5.32 Å². The number of carbonyl (C=O) groups is 1. The Labute approximate surface area is 118 Å². The van der Waals surface area contributed by atoms with Crippen molar-refractivity contribution in [2.75, 3.05) is 6.61 Å². The summed E-state index contributed by atoms with van der Waals surface area (Å²) in [5, 5.41) is 2.62. The van der Waals surface area contributed by atoms with E-state index in [1.807, 2.05) is 36.4 Å². The summed E-state index contributed by atoms with van der Waals surface area (Å²) in [7, 11) is 0. The van der Waals surface area contributed by atoms with Gasteiger partial charge in [-0.2, -0.15) is 0 Å². The van der Waals surface area contributed by atoms with Crippen LogP contribution in [0.2, 0.25) is 0 Å². The average Bonchev–Trinajstić information content (AvgIpc) is 3.25. The maximum absolute atomic E-state index is 11.6. The van der Waals surface area contributed by atoms with Gasteiger partial charge in [0.1, 0.15) is 0 Å². The number of carbonyl (C=O) groups excluding carboxylic acids is 1. The fraction of sp³-hybridized carbons (Fsp3) is 0.438. The van der Waals surface area contributed by atoms with Crippen LogP contribution in [0.15, 0.2) is 36.5 Å². The Morgan fingerprint density at radius 1 is 1.30 bits per heavy atom. The van der Waals surface area contributed by atoms with Gasteiger partial charge in [0.15, 0.2) is 0 Å². The predicted molar refractivity (Wildman–Crippen MR) is 76.0 cm³/mol. The molecule has 106 valence electrons. The summed E-state index contributed by atoms with van der Waals surface area (Å²) >= 11 is 0. The van der Waals surface area contributed by atoms with E-state index >= 15 is 0 Å². The fourth-order valence-electron chi connectivity index (χ4n) is 2.64. The van der Waals surface area contributed by atoms with Crippen LogP contribution in [0, 0.1) is 5.92 Å². The monoisotopic (exact) mass is 273 g/mol. The highest BCUT2D eigenvalue weighted by Crippen LogP contribution is 2.39. The van der Waals surface area contributed by atoms with E-state index in [4.69, 9.17) is 9.47 Å². The molecule has 3 rings (SSSR count). The van der Waals surface area contributed by atoms with Crippen LogP contribution >= 0.6 is 0 Å². The Bertz CT molecular complexity index is 486. The molecular formula is C16H19NO3. The van der Waals surface area contributed by atoms with E-state index in [9.17, 15) is 4.79 Å². The van der Waals surface area contributed by atoms with E-state index in [-0.39, 0.29) is 0 Å². The second-order valence-corrected chi connectivity index (χ2v) is 5.38. The second-order valence-electron chi connectivity index (χ2n) is 5.38. The van der Waals surface area contributed by atoms with Crippen LogP contribution in [0.4, 0.5) is 4.79 Å². The van der Waals surface area contributed by atoms with Gasteiger partial charge in [-0.15, -0.1) is 0 Å². The van der Waals surface area contributed by atoms with E-state index in [0.29, 0.717) is 24.7 Å². The van der Waals surface area contributed by atoms with Gasteiger partial charge in [0.25, 0.3) is 0 Å². The van der Waals surface area contributed by atoms with Crippen LogP contribution in [0.3, 0.4) is 0 Å². The molecule has 0 bridgehead atoms. The number of nitrogens with one attached hydrogen (secondary N) is 1. The second kappa shape index (κ2) is 6.09. The van der Waals surface area contributed by atoms with Crippen molar-refractivity contribution in [1.29, 1.82) is 0 Å². The number of alkyl carbamates (subject to hydrolysis) is 1. The van der Waals surface area contributed by atoms with Crippen LogP contribution < -0.4 is 5.32 Å². The largest absolute Gasteiger partial charge is 0.449 e. The highest BCUT2D eigenvalue weighted by atomic mass is 16.6. The molecular weight excluding hydrogens is 254 g/mol. The minimum atomic E-state index is -0.393. The summed E-state index contributed by atoms with van der Waals surface area (Å²) in [6.07, 6.45) is 7.20. The topological polar surface area (TPSA) is 50.9 Å². The van der Waals surface area contributed by atoms with Gasteiger partial charge < -0.3 is 9.47 Å². The molecule has 1 N–H and O–H groups in total. The summed E-state index contributed by atoms with van der Waals surface area (Å²) in [5.74, 6) is 0.447. The summed E-state index contributed by atoms with van der Waals surface area (Å²) in [6.45, 7) is 0.484. The van der Waals surface area contributed by atoms with Gasteiger partial charge in [-0.05, 0) is 36.8 Å². The first-order valence-electron chi connectivity index (χ1n) is 7.11. The molecule has 1 aliphatic heterocycles. The lowest BCUT2D eigenvalue weighted by Crippen LogP contribution is -2.24. The molecule has 3 atom stereocenters. The number of hydrogen-bond donors (Lipinski definition) is 1. The molecule has 2 fully saturated rings. The van der Waals surface area contributed by atoms with E-state index in [2.05, 4.69) is 5.32 Å². The first-order chi connectivity index (χ1) is 9.81. The quantitative estimate of drug-likeness (QED) is 0.858. The third-order valence-corrected chi connectivity index (χ3v) is 3.84. The van der Waals surface area contributed by atoms with Gasteiger partial charge in [0, 0.05) is 6.20 Å². The third-order valence-electron chi connectivity index (χ3n) is 3.84. The molecule has 20 heavy (non-hydrogen) atoms. The molecule has 1 saturated carbocycles. The number of rotatable bonds is 4. The van der Waals surface area contributed by atoms with Crippen molar-refractivity contribution in [2.24, 2.45) is 5.92 Å². The highest BCUT2D eigenvalue weighted by molar-refractivity contribution is 5.69. The molecule has 4 heteroatoms. The molecule has 1 aromatic carbocycles. The zero-order chi connectivity index (χ0) is 13.8. The van der Waals surface area contributed by atoms with Crippen molar-refractivity contribution in [2.45, 2.75) is 31.5 Å². The molecule has 1 aromatic rings. The number of epoxide rings is 1. The molecule has 0 radical (unpaired) electrons. The molecule has 2 aliphatic rings. The Morgan fingerprint density at radius 2 is 2.15 bits per heavy atom. The molecule has 4 nitrogen and oxygen atoms in total. The third kappa shape index (κ3) is 3.61. The van der Waals surface area contributed by atoms with E-state index in [1.165, 1.54) is 0 Å². The Hall–Kier alpha value is -1.81. The smallest absolute Gasteiger partial charge is 0.411 e. The lowest BCUT2D eigenvalue weighted by Gasteiger charge is -2.18. The van der Waals surface area contributed by atoms with Gasteiger partial charge in [-0.1, -0.05) is 30.3 Å².